The third-order valence-electron chi connectivity index (χ3n) is 4.76. The zero-order chi connectivity index (χ0) is 16.9. The maximum atomic E-state index is 5.49. The second-order valence-electron chi connectivity index (χ2n) is 6.16. The van der Waals surface area contributed by atoms with E-state index in [0.717, 1.165) is 43.2 Å². The fourth-order valence-corrected chi connectivity index (χ4v) is 3.33. The average Bonchev–Trinajstić information content (AvgIpc) is 3.25. The van der Waals surface area contributed by atoms with Gasteiger partial charge in [0.25, 0.3) is 0 Å². The van der Waals surface area contributed by atoms with Gasteiger partial charge in [-0.05, 0) is 30.9 Å². The Hall–Kier alpha value is -1.57. The van der Waals surface area contributed by atoms with Crippen LogP contribution in [0.4, 0.5) is 5.69 Å². The predicted octanol–water partition coefficient (Wildman–Crippen LogP) is 4.33. The highest BCUT2D eigenvalue weighted by Gasteiger charge is 2.22. The molecule has 1 aromatic heterocycles. The number of guanidine groups is 1. The Morgan fingerprint density at radius 1 is 1.32 bits per heavy atom. The van der Waals surface area contributed by atoms with Crippen molar-refractivity contribution >= 4 is 35.6 Å². The monoisotopic (exact) mass is 454 g/mol. The van der Waals surface area contributed by atoms with Gasteiger partial charge in [-0.25, -0.2) is 0 Å². The Morgan fingerprint density at radius 3 is 2.80 bits per heavy atom. The lowest BCUT2D eigenvalue weighted by Crippen LogP contribution is -2.40. The van der Waals surface area contributed by atoms with E-state index in [-0.39, 0.29) is 24.0 Å². The van der Waals surface area contributed by atoms with Gasteiger partial charge in [0.15, 0.2) is 11.7 Å². The fourth-order valence-electron chi connectivity index (χ4n) is 3.33. The molecule has 0 radical (unpaired) electrons. The SMILES string of the molecule is CCC(CC)c1cc(CNC(=NC)N2CCc3ccccc32)on1.I. The molecule has 1 aliphatic rings. The molecule has 0 saturated carbocycles. The second-order valence-corrected chi connectivity index (χ2v) is 6.16. The molecule has 5 nitrogen and oxygen atoms in total. The van der Waals surface area contributed by atoms with E-state index in [1.165, 1.54) is 11.3 Å². The maximum Gasteiger partial charge on any atom is 0.198 e. The summed E-state index contributed by atoms with van der Waals surface area (Å²) in [5.41, 5.74) is 3.66. The van der Waals surface area contributed by atoms with Crippen molar-refractivity contribution in [2.75, 3.05) is 18.5 Å². The van der Waals surface area contributed by atoms with Gasteiger partial charge in [0.1, 0.15) is 0 Å². The van der Waals surface area contributed by atoms with Crippen molar-refractivity contribution in [3.8, 4) is 0 Å². The van der Waals surface area contributed by atoms with Crippen molar-refractivity contribution in [1.29, 1.82) is 0 Å². The van der Waals surface area contributed by atoms with Gasteiger partial charge in [0.05, 0.1) is 12.2 Å². The van der Waals surface area contributed by atoms with Gasteiger partial charge >= 0.3 is 0 Å². The van der Waals surface area contributed by atoms with Gasteiger partial charge in [-0.15, -0.1) is 24.0 Å². The highest BCUT2D eigenvalue weighted by molar-refractivity contribution is 14.0. The van der Waals surface area contributed by atoms with Crippen LogP contribution in [0.5, 0.6) is 0 Å². The number of anilines is 1. The maximum absolute atomic E-state index is 5.49. The topological polar surface area (TPSA) is 53.7 Å². The largest absolute Gasteiger partial charge is 0.359 e. The molecule has 1 aromatic carbocycles. The van der Waals surface area contributed by atoms with Gasteiger partial charge in [-0.2, -0.15) is 0 Å². The Morgan fingerprint density at radius 2 is 2.08 bits per heavy atom. The summed E-state index contributed by atoms with van der Waals surface area (Å²) in [5.74, 6) is 2.21. The van der Waals surface area contributed by atoms with Crippen LogP contribution in [0.25, 0.3) is 0 Å². The van der Waals surface area contributed by atoms with E-state index in [1.807, 2.05) is 7.05 Å². The molecule has 1 aliphatic heterocycles. The quantitative estimate of drug-likeness (QED) is 0.415. The first-order chi connectivity index (χ1) is 11.8. The lowest BCUT2D eigenvalue weighted by molar-refractivity contribution is 0.368. The van der Waals surface area contributed by atoms with Crippen LogP contribution in [0, 0.1) is 0 Å². The lowest BCUT2D eigenvalue weighted by Gasteiger charge is -2.21. The molecule has 0 aliphatic carbocycles. The van der Waals surface area contributed by atoms with Crippen molar-refractivity contribution in [2.45, 2.75) is 45.6 Å². The summed E-state index contributed by atoms with van der Waals surface area (Å²) >= 11 is 0. The first-order valence-electron chi connectivity index (χ1n) is 8.78. The Bertz CT molecular complexity index is 709. The molecule has 0 spiro atoms. The lowest BCUT2D eigenvalue weighted by atomic mass is 9.99. The molecular formula is C19H27IN4O. The molecule has 0 atom stereocenters. The summed E-state index contributed by atoms with van der Waals surface area (Å²) in [4.78, 5) is 6.66. The van der Waals surface area contributed by atoms with Crippen molar-refractivity contribution in [3.05, 3.63) is 47.3 Å². The average molecular weight is 454 g/mol. The minimum atomic E-state index is 0. The summed E-state index contributed by atoms with van der Waals surface area (Å²) in [6.07, 6.45) is 3.22. The molecule has 136 valence electrons. The summed E-state index contributed by atoms with van der Waals surface area (Å²) in [6, 6.07) is 10.6. The van der Waals surface area contributed by atoms with Crippen LogP contribution < -0.4 is 10.2 Å². The fraction of sp³-hybridized carbons (Fsp3) is 0.474. The molecule has 0 amide bonds. The number of rotatable bonds is 5. The van der Waals surface area contributed by atoms with Crippen LogP contribution in [0.1, 0.15) is 49.6 Å². The van der Waals surface area contributed by atoms with Crippen molar-refractivity contribution in [2.24, 2.45) is 4.99 Å². The highest BCUT2D eigenvalue weighted by Crippen LogP contribution is 2.27. The van der Waals surface area contributed by atoms with Crippen LogP contribution in [0.2, 0.25) is 0 Å². The highest BCUT2D eigenvalue weighted by atomic mass is 127. The third-order valence-corrected chi connectivity index (χ3v) is 4.76. The van der Waals surface area contributed by atoms with Crippen LogP contribution >= 0.6 is 24.0 Å². The molecule has 2 aromatic rings. The van der Waals surface area contributed by atoms with Crippen molar-refractivity contribution in [1.82, 2.24) is 10.5 Å². The van der Waals surface area contributed by atoms with Gasteiger partial charge in [0.2, 0.25) is 0 Å². The van der Waals surface area contributed by atoms with Gasteiger partial charge in [0, 0.05) is 31.3 Å². The molecule has 0 fully saturated rings. The molecular weight excluding hydrogens is 427 g/mol. The zero-order valence-electron chi connectivity index (χ0n) is 15.2. The molecule has 6 heteroatoms. The smallest absolute Gasteiger partial charge is 0.198 e. The van der Waals surface area contributed by atoms with Crippen molar-refractivity contribution in [3.63, 3.8) is 0 Å². The number of nitrogens with one attached hydrogen (secondary N) is 1. The second kappa shape index (κ2) is 9.22. The number of aliphatic imine (C=N–C) groups is 1. The number of hydrogen-bond donors (Lipinski definition) is 1. The summed E-state index contributed by atoms with van der Waals surface area (Å²) in [5, 5.41) is 7.63. The minimum Gasteiger partial charge on any atom is -0.359 e. The Balaban J connectivity index is 0.00000225. The van der Waals surface area contributed by atoms with Crippen LogP contribution in [0.3, 0.4) is 0 Å². The van der Waals surface area contributed by atoms with Crippen LogP contribution in [-0.4, -0.2) is 24.7 Å². The summed E-state index contributed by atoms with van der Waals surface area (Å²) in [7, 11) is 1.82. The van der Waals surface area contributed by atoms with Gasteiger partial charge < -0.3 is 14.7 Å². The summed E-state index contributed by atoms with van der Waals surface area (Å²) in [6.45, 7) is 5.92. The molecule has 0 saturated heterocycles. The van der Waals surface area contributed by atoms with E-state index < -0.39 is 0 Å². The zero-order valence-corrected chi connectivity index (χ0v) is 17.5. The standard InChI is InChI=1S/C19H26N4O.HI/c1-4-14(5-2)17-12-16(24-22-17)13-21-19(20-3)23-11-10-15-8-6-7-9-18(15)23;/h6-9,12,14H,4-5,10-11,13H2,1-3H3,(H,20,21);1H. The van der Waals surface area contributed by atoms with E-state index in [1.54, 1.807) is 0 Å². The number of aromatic nitrogens is 1. The van der Waals surface area contributed by atoms with Crippen molar-refractivity contribution < 1.29 is 4.52 Å². The normalized spacial score (nSPS) is 13.8. The number of halogens is 1. The first kappa shape index (κ1) is 19.8. The van der Waals surface area contributed by atoms with E-state index in [9.17, 15) is 0 Å². The molecule has 0 bridgehead atoms. The Labute approximate surface area is 166 Å². The molecule has 2 heterocycles. The van der Waals surface area contributed by atoms with E-state index in [0.29, 0.717) is 12.5 Å². The van der Waals surface area contributed by atoms with E-state index >= 15 is 0 Å². The molecule has 3 rings (SSSR count). The third kappa shape index (κ3) is 4.34. The van der Waals surface area contributed by atoms with Gasteiger partial charge in [-0.1, -0.05) is 37.2 Å². The number of nitrogens with zero attached hydrogens (tertiary/aromatic N) is 3. The van der Waals surface area contributed by atoms with Crippen LogP contribution in [0.15, 0.2) is 39.8 Å². The first-order valence-corrected chi connectivity index (χ1v) is 8.78. The number of benzene rings is 1. The predicted molar refractivity (Wildman–Crippen MR) is 113 cm³/mol. The van der Waals surface area contributed by atoms with Gasteiger partial charge in [-0.3, -0.25) is 4.99 Å². The van der Waals surface area contributed by atoms with E-state index in [2.05, 4.69) is 64.5 Å². The number of fused-ring (bicyclic) bond motifs is 1. The minimum absolute atomic E-state index is 0. The number of hydrogen-bond acceptors (Lipinski definition) is 3. The molecule has 0 unspecified atom stereocenters. The summed E-state index contributed by atoms with van der Waals surface area (Å²) < 4.78 is 5.49. The molecule has 1 N–H and O–H groups in total. The van der Waals surface area contributed by atoms with Crippen LogP contribution in [-0.2, 0) is 13.0 Å². The number of para-hydroxylation sites is 1. The van der Waals surface area contributed by atoms with E-state index in [4.69, 9.17) is 4.52 Å². The molecule has 25 heavy (non-hydrogen) atoms. The Kier molecular flexibility index (Phi) is 7.28.